The van der Waals surface area contributed by atoms with Crippen molar-refractivity contribution < 1.29 is 18.7 Å². The van der Waals surface area contributed by atoms with Crippen LogP contribution in [-0.4, -0.2) is 46.3 Å². The number of nitrogens with one attached hydrogen (secondary N) is 2. The molecule has 0 radical (unpaired) electrons. The number of benzene rings is 2. The molecule has 2 aromatic heterocycles. The molecule has 2 aromatic carbocycles. The predicted molar refractivity (Wildman–Crippen MR) is 180 cm³/mol. The first-order valence-electron chi connectivity index (χ1n) is 16.0. The molecule has 11 nitrogen and oxygen atoms in total. The molecule has 0 saturated carbocycles. The summed E-state index contributed by atoms with van der Waals surface area (Å²) >= 11 is 0. The lowest BCUT2D eigenvalue weighted by atomic mass is 9.95. The number of amides is 1. The first-order valence-corrected chi connectivity index (χ1v) is 16.0. The van der Waals surface area contributed by atoms with Crippen molar-refractivity contribution in [2.45, 2.75) is 45.1 Å². The molecule has 1 amide bonds. The highest BCUT2D eigenvalue weighted by Gasteiger charge is 2.24. The van der Waals surface area contributed by atoms with Gasteiger partial charge in [0.2, 0.25) is 0 Å². The number of halogens is 1. The number of carbonyl (C=O) groups excluding carboxylic acids is 1. The minimum absolute atomic E-state index is 0.159. The first kappa shape index (κ1) is 32.7. The van der Waals surface area contributed by atoms with Crippen LogP contribution in [0.1, 0.15) is 59.6 Å². The number of piperidine rings is 1. The van der Waals surface area contributed by atoms with Crippen LogP contribution in [0.25, 0.3) is 5.69 Å². The van der Waals surface area contributed by atoms with Crippen LogP contribution in [0.5, 0.6) is 11.5 Å². The molecule has 4 N–H and O–H groups in total. The number of ether oxygens (including phenoxy) is 2. The summed E-state index contributed by atoms with van der Waals surface area (Å²) in [5, 5.41) is 6.15. The van der Waals surface area contributed by atoms with Gasteiger partial charge in [0, 0.05) is 49.8 Å². The molecular weight excluding hydrogens is 615 g/mol. The fourth-order valence-corrected chi connectivity index (χ4v) is 5.97. The monoisotopic (exact) mass is 652 g/mol. The average molecular weight is 653 g/mol. The lowest BCUT2D eigenvalue weighted by Gasteiger charge is -2.25. The number of carbonyl (C=O) groups is 1. The molecule has 6 rings (SSSR count). The minimum atomic E-state index is -0.812. The van der Waals surface area contributed by atoms with Crippen LogP contribution in [0.15, 0.2) is 70.5 Å². The van der Waals surface area contributed by atoms with Gasteiger partial charge in [-0.15, -0.1) is 0 Å². The van der Waals surface area contributed by atoms with Gasteiger partial charge in [-0.1, -0.05) is 11.8 Å². The molecule has 12 heteroatoms. The Bertz CT molecular complexity index is 1980. The number of aromatic nitrogens is 3. The summed E-state index contributed by atoms with van der Waals surface area (Å²) < 4.78 is 27.7. The number of nitrogens with zero attached hydrogens (tertiary/aromatic N) is 3. The summed E-state index contributed by atoms with van der Waals surface area (Å²) in [6.45, 7) is 4.72. The van der Waals surface area contributed by atoms with E-state index < -0.39 is 23.0 Å². The zero-order valence-electron chi connectivity index (χ0n) is 26.6. The van der Waals surface area contributed by atoms with Crippen molar-refractivity contribution in [1.29, 1.82) is 0 Å². The second kappa shape index (κ2) is 14.7. The third-order valence-electron chi connectivity index (χ3n) is 8.69. The van der Waals surface area contributed by atoms with E-state index in [9.17, 15) is 18.8 Å². The van der Waals surface area contributed by atoms with E-state index >= 15 is 0 Å². The molecular formula is C36H37FN6O5. The maximum absolute atomic E-state index is 13.7. The number of anilines is 2. The zero-order chi connectivity index (χ0) is 33.6. The van der Waals surface area contributed by atoms with Crippen molar-refractivity contribution in [2.24, 2.45) is 5.92 Å². The van der Waals surface area contributed by atoms with E-state index in [-0.39, 0.29) is 23.1 Å². The van der Waals surface area contributed by atoms with E-state index in [0.717, 1.165) is 49.1 Å². The Kier molecular flexibility index (Phi) is 9.99. The molecule has 48 heavy (non-hydrogen) atoms. The molecule has 0 unspecified atom stereocenters. The van der Waals surface area contributed by atoms with E-state index in [2.05, 4.69) is 27.5 Å². The standard InChI is InChI=1S/C36H37FN6O5/c1-23-21-26(7-10-31(23)48-32-13-18-40-33(38)29(32)4-2-3-24-11-16-39-17-12-24)41-34(44)30-22-42(27-14-19-47-20-15-27)36(46)43(35(30)45)28-8-5-25(37)6-9-28/h5-10,13,18,21-22,24,27,39H,3,11-12,14-17,19-20H2,1H3,(H2,38,40)(H,41,44). The van der Waals surface area contributed by atoms with E-state index in [1.807, 2.05) is 6.92 Å². The molecule has 2 saturated heterocycles. The highest BCUT2D eigenvalue weighted by atomic mass is 19.1. The Hall–Kier alpha value is -5.25. The van der Waals surface area contributed by atoms with Crippen molar-refractivity contribution in [3.63, 3.8) is 0 Å². The predicted octanol–water partition coefficient (Wildman–Crippen LogP) is 4.56. The van der Waals surface area contributed by atoms with Crippen LogP contribution in [0.4, 0.5) is 15.9 Å². The summed E-state index contributed by atoms with van der Waals surface area (Å²) in [6, 6.07) is 11.5. The second-order valence-corrected chi connectivity index (χ2v) is 12.0. The average Bonchev–Trinajstić information content (AvgIpc) is 3.09. The number of aryl methyl sites for hydroxylation is 1. The number of rotatable bonds is 7. The van der Waals surface area contributed by atoms with Crippen molar-refractivity contribution in [3.8, 4) is 29.0 Å². The van der Waals surface area contributed by atoms with Gasteiger partial charge in [-0.3, -0.25) is 14.2 Å². The smallest absolute Gasteiger partial charge is 0.335 e. The Morgan fingerprint density at radius 3 is 2.56 bits per heavy atom. The Labute approximate surface area is 276 Å². The molecule has 4 aromatic rings. The van der Waals surface area contributed by atoms with E-state index in [0.29, 0.717) is 60.3 Å². The molecule has 0 aliphatic carbocycles. The lowest BCUT2D eigenvalue weighted by molar-refractivity contribution is 0.0679. The van der Waals surface area contributed by atoms with Gasteiger partial charge in [0.25, 0.3) is 11.5 Å². The molecule has 0 spiro atoms. The maximum atomic E-state index is 13.7. The highest BCUT2D eigenvalue weighted by Crippen LogP contribution is 2.31. The number of pyridine rings is 1. The van der Waals surface area contributed by atoms with Gasteiger partial charge in [0.1, 0.15) is 34.3 Å². The van der Waals surface area contributed by atoms with E-state index in [1.54, 1.807) is 30.5 Å². The number of nitrogens with two attached hydrogens (primary N) is 1. The van der Waals surface area contributed by atoms with Crippen molar-refractivity contribution in [3.05, 3.63) is 104 Å². The van der Waals surface area contributed by atoms with Gasteiger partial charge in [-0.2, -0.15) is 0 Å². The van der Waals surface area contributed by atoms with Gasteiger partial charge in [-0.05, 0) is 99.6 Å². The largest absolute Gasteiger partial charge is 0.456 e. The van der Waals surface area contributed by atoms with Crippen molar-refractivity contribution in [1.82, 2.24) is 19.4 Å². The quantitative estimate of drug-likeness (QED) is 0.247. The van der Waals surface area contributed by atoms with Crippen LogP contribution in [0, 0.1) is 30.5 Å². The van der Waals surface area contributed by atoms with Crippen LogP contribution >= 0.6 is 0 Å². The molecule has 4 heterocycles. The number of hydrogen-bond donors (Lipinski definition) is 3. The topological polar surface area (TPSA) is 143 Å². The van der Waals surface area contributed by atoms with Crippen molar-refractivity contribution >= 4 is 17.4 Å². The zero-order valence-corrected chi connectivity index (χ0v) is 26.6. The molecule has 0 bridgehead atoms. The Morgan fingerprint density at radius 2 is 1.83 bits per heavy atom. The van der Waals surface area contributed by atoms with E-state index in [1.165, 1.54) is 22.9 Å². The highest BCUT2D eigenvalue weighted by molar-refractivity contribution is 6.04. The summed E-state index contributed by atoms with van der Waals surface area (Å²) in [7, 11) is 0. The molecule has 248 valence electrons. The van der Waals surface area contributed by atoms with Crippen LogP contribution in [0.2, 0.25) is 0 Å². The summed E-state index contributed by atoms with van der Waals surface area (Å²) in [4.78, 5) is 44.9. The maximum Gasteiger partial charge on any atom is 0.335 e. The summed E-state index contributed by atoms with van der Waals surface area (Å²) in [6.07, 6.45) is 6.90. The van der Waals surface area contributed by atoms with Gasteiger partial charge in [0.05, 0.1) is 5.69 Å². The van der Waals surface area contributed by atoms with E-state index in [4.69, 9.17) is 15.2 Å². The van der Waals surface area contributed by atoms with Crippen LogP contribution < -0.4 is 32.4 Å². The third-order valence-corrected chi connectivity index (χ3v) is 8.69. The third kappa shape index (κ3) is 7.33. The Balaban J connectivity index is 1.25. The molecule has 2 aliphatic rings. The minimum Gasteiger partial charge on any atom is -0.456 e. The first-order chi connectivity index (χ1) is 23.3. The molecule has 2 aliphatic heterocycles. The van der Waals surface area contributed by atoms with Crippen molar-refractivity contribution in [2.75, 3.05) is 37.4 Å². The number of nitrogen functional groups attached to an aromatic ring is 1. The van der Waals surface area contributed by atoms with Gasteiger partial charge < -0.3 is 25.8 Å². The fourth-order valence-electron chi connectivity index (χ4n) is 5.97. The van der Waals surface area contributed by atoms with Crippen LogP contribution in [-0.2, 0) is 4.74 Å². The second-order valence-electron chi connectivity index (χ2n) is 12.0. The lowest BCUT2D eigenvalue weighted by Crippen LogP contribution is -2.44. The number of hydrogen-bond acceptors (Lipinski definition) is 8. The normalized spacial score (nSPS) is 15.4. The van der Waals surface area contributed by atoms with Gasteiger partial charge >= 0.3 is 5.69 Å². The Morgan fingerprint density at radius 1 is 1.08 bits per heavy atom. The van der Waals surface area contributed by atoms with Crippen LogP contribution in [0.3, 0.4) is 0 Å². The van der Waals surface area contributed by atoms with Gasteiger partial charge in [0.15, 0.2) is 0 Å². The molecule has 0 atom stereocenters. The summed E-state index contributed by atoms with van der Waals surface area (Å²) in [5.41, 5.74) is 6.31. The molecule has 2 fully saturated rings. The summed E-state index contributed by atoms with van der Waals surface area (Å²) in [5.74, 6) is 7.01. The SMILES string of the molecule is Cc1cc(NC(=O)c2cn(C3CCOCC3)c(=O)n(-c3ccc(F)cc3)c2=O)ccc1Oc1ccnc(N)c1C#CCC1CCNCC1. The van der Waals surface area contributed by atoms with Gasteiger partial charge in [-0.25, -0.2) is 18.7 Å². The fraction of sp³-hybridized carbons (Fsp3) is 0.333.